The summed E-state index contributed by atoms with van der Waals surface area (Å²) in [7, 11) is 1.24. The maximum atomic E-state index is 12.1. The van der Waals surface area contributed by atoms with Crippen LogP contribution in [0.2, 0.25) is 0 Å². The molecular weight excluding hydrogens is 346 g/mol. The number of carbonyl (C=O) groups is 4. The number of rotatable bonds is 7. The van der Waals surface area contributed by atoms with Crippen molar-refractivity contribution in [1.82, 2.24) is 0 Å². The zero-order valence-electron chi connectivity index (χ0n) is 15.0. The summed E-state index contributed by atoms with van der Waals surface area (Å²) in [6, 6.07) is 10.8. The number of methoxy groups -OCH3 is 1. The summed E-state index contributed by atoms with van der Waals surface area (Å²) in [4.78, 5) is 46.1. The van der Waals surface area contributed by atoms with E-state index in [1.807, 2.05) is 18.2 Å². The lowest BCUT2D eigenvalue weighted by atomic mass is 9.99. The molecule has 1 N–H and O–H groups in total. The number of fused-ring (bicyclic) bond motifs is 1. The van der Waals surface area contributed by atoms with E-state index >= 15 is 0 Å². The first kappa shape index (κ1) is 19.8. The average Bonchev–Trinajstić information content (AvgIpc) is 2.65. The Morgan fingerprint density at radius 3 is 2.33 bits per heavy atom. The Morgan fingerprint density at radius 2 is 1.63 bits per heavy atom. The van der Waals surface area contributed by atoms with Gasteiger partial charge in [-0.15, -0.1) is 0 Å². The molecule has 0 radical (unpaired) electrons. The zero-order chi connectivity index (χ0) is 19.8. The van der Waals surface area contributed by atoms with Crippen molar-refractivity contribution < 1.29 is 23.9 Å². The molecular formula is C21H19NO5. The van der Waals surface area contributed by atoms with Gasteiger partial charge in [-0.3, -0.25) is 14.4 Å². The van der Waals surface area contributed by atoms with E-state index in [1.165, 1.54) is 32.3 Å². The number of amides is 1. The minimum absolute atomic E-state index is 0.104. The molecule has 0 unspecified atom stereocenters. The van der Waals surface area contributed by atoms with Crippen molar-refractivity contribution in [2.75, 3.05) is 12.4 Å². The number of carbonyl (C=O) groups excluding carboxylic acids is 4. The lowest BCUT2D eigenvalue weighted by Gasteiger charge is -2.10. The fraction of sp³-hybridized carbons (Fsp3) is 0.143. The molecule has 0 fully saturated rings. The lowest BCUT2D eigenvalue weighted by Crippen LogP contribution is -2.09. The Morgan fingerprint density at radius 1 is 0.926 bits per heavy atom. The molecule has 2 aromatic rings. The highest BCUT2D eigenvalue weighted by atomic mass is 16.5. The molecule has 0 aliphatic heterocycles. The fourth-order valence-electron chi connectivity index (χ4n) is 2.48. The van der Waals surface area contributed by atoms with Gasteiger partial charge < -0.3 is 10.1 Å². The Bertz CT molecular complexity index is 956. The van der Waals surface area contributed by atoms with Crippen LogP contribution in [0.15, 0.2) is 60.7 Å². The first-order chi connectivity index (χ1) is 12.9. The van der Waals surface area contributed by atoms with Gasteiger partial charge in [0.2, 0.25) is 5.91 Å². The molecule has 0 atom stereocenters. The molecule has 1 amide bonds. The number of ether oxygens (including phenoxy) is 1. The van der Waals surface area contributed by atoms with Crippen LogP contribution in [0.4, 0.5) is 5.69 Å². The van der Waals surface area contributed by atoms with Crippen molar-refractivity contribution in [2.24, 2.45) is 0 Å². The minimum Gasteiger partial charge on any atom is -0.466 e. The summed E-state index contributed by atoms with van der Waals surface area (Å²) in [6.45, 7) is 1.36. The van der Waals surface area contributed by atoms with Crippen LogP contribution in [0.3, 0.4) is 0 Å². The van der Waals surface area contributed by atoms with E-state index in [9.17, 15) is 19.2 Å². The summed E-state index contributed by atoms with van der Waals surface area (Å²) in [5, 5.41) is 4.31. The predicted molar refractivity (Wildman–Crippen MR) is 102 cm³/mol. The fourth-order valence-corrected chi connectivity index (χ4v) is 2.48. The van der Waals surface area contributed by atoms with Gasteiger partial charge in [0.25, 0.3) is 0 Å². The molecule has 0 aromatic heterocycles. The number of ketones is 2. The van der Waals surface area contributed by atoms with Crippen LogP contribution in [0.25, 0.3) is 10.8 Å². The average molecular weight is 365 g/mol. The molecule has 6 heteroatoms. The molecule has 0 saturated heterocycles. The normalized spacial score (nSPS) is 11.0. The Balaban J connectivity index is 2.27. The van der Waals surface area contributed by atoms with Crippen molar-refractivity contribution in [3.05, 3.63) is 66.3 Å². The minimum atomic E-state index is -0.593. The quantitative estimate of drug-likeness (QED) is 0.602. The first-order valence-corrected chi connectivity index (χ1v) is 8.20. The van der Waals surface area contributed by atoms with Crippen LogP contribution < -0.4 is 5.32 Å². The zero-order valence-corrected chi connectivity index (χ0v) is 15.0. The number of benzene rings is 2. The van der Waals surface area contributed by atoms with E-state index in [2.05, 4.69) is 10.1 Å². The predicted octanol–water partition coefficient (Wildman–Crippen LogP) is 2.76. The standard InChI is InChI=1S/C21H19NO5/c1-14(23)9-11-20(25)22-19-8-4-6-17-15(5-3-7-18(17)19)13-16(24)10-12-21(26)27-2/h3-12H,13H2,1-2H3,(H,22,25)/b11-9-,12-10-. The number of anilines is 1. The molecule has 138 valence electrons. The summed E-state index contributed by atoms with van der Waals surface area (Å²) in [5.41, 5.74) is 1.34. The monoisotopic (exact) mass is 365 g/mol. The summed E-state index contributed by atoms with van der Waals surface area (Å²) < 4.78 is 4.46. The molecule has 2 aromatic carbocycles. The van der Waals surface area contributed by atoms with Crippen LogP contribution in [0, 0.1) is 0 Å². The molecule has 0 spiro atoms. The van der Waals surface area contributed by atoms with Gasteiger partial charge >= 0.3 is 5.97 Å². The molecule has 0 heterocycles. The van der Waals surface area contributed by atoms with Gasteiger partial charge in [0.15, 0.2) is 11.6 Å². The van der Waals surface area contributed by atoms with Gasteiger partial charge in [-0.25, -0.2) is 4.79 Å². The van der Waals surface area contributed by atoms with E-state index in [0.29, 0.717) is 5.69 Å². The lowest BCUT2D eigenvalue weighted by molar-refractivity contribution is -0.135. The number of allylic oxidation sites excluding steroid dienone is 2. The second kappa shape index (κ2) is 9.24. The topological polar surface area (TPSA) is 89.5 Å². The van der Waals surface area contributed by atoms with Gasteiger partial charge in [-0.2, -0.15) is 0 Å². The molecule has 6 nitrogen and oxygen atoms in total. The van der Waals surface area contributed by atoms with E-state index in [1.54, 1.807) is 18.2 Å². The number of esters is 1. The van der Waals surface area contributed by atoms with Crippen molar-refractivity contribution in [3.8, 4) is 0 Å². The van der Waals surface area contributed by atoms with Gasteiger partial charge in [-0.05, 0) is 36.1 Å². The smallest absolute Gasteiger partial charge is 0.330 e. The first-order valence-electron chi connectivity index (χ1n) is 8.20. The van der Waals surface area contributed by atoms with Crippen molar-refractivity contribution in [1.29, 1.82) is 0 Å². The Kier molecular flexibility index (Phi) is 6.77. The van der Waals surface area contributed by atoms with Crippen molar-refractivity contribution in [2.45, 2.75) is 13.3 Å². The van der Waals surface area contributed by atoms with Gasteiger partial charge in [0.05, 0.1) is 7.11 Å². The van der Waals surface area contributed by atoms with E-state index in [4.69, 9.17) is 0 Å². The van der Waals surface area contributed by atoms with Gasteiger partial charge in [0, 0.05) is 29.6 Å². The summed E-state index contributed by atoms with van der Waals surface area (Å²) >= 11 is 0. The van der Waals surface area contributed by atoms with Gasteiger partial charge in [-0.1, -0.05) is 30.3 Å². The maximum Gasteiger partial charge on any atom is 0.330 e. The second-order valence-electron chi connectivity index (χ2n) is 5.75. The highest BCUT2D eigenvalue weighted by molar-refractivity contribution is 6.09. The molecule has 2 rings (SSSR count). The molecule has 0 saturated carbocycles. The SMILES string of the molecule is COC(=O)/C=C\C(=O)Cc1cccc2c(NC(=O)/C=C\C(C)=O)cccc12. The van der Waals surface area contributed by atoms with E-state index < -0.39 is 11.9 Å². The second-order valence-corrected chi connectivity index (χ2v) is 5.75. The van der Waals surface area contributed by atoms with Crippen LogP contribution in [0.1, 0.15) is 12.5 Å². The largest absolute Gasteiger partial charge is 0.466 e. The third-order valence-corrected chi connectivity index (χ3v) is 3.71. The number of hydrogen-bond acceptors (Lipinski definition) is 5. The number of nitrogens with one attached hydrogen (secondary N) is 1. The maximum absolute atomic E-state index is 12.1. The highest BCUT2D eigenvalue weighted by Crippen LogP contribution is 2.26. The van der Waals surface area contributed by atoms with Crippen LogP contribution >= 0.6 is 0 Å². The van der Waals surface area contributed by atoms with Crippen molar-refractivity contribution in [3.63, 3.8) is 0 Å². The molecule has 0 aliphatic rings. The van der Waals surface area contributed by atoms with E-state index in [-0.39, 0.29) is 18.0 Å². The Labute approximate surface area is 156 Å². The van der Waals surface area contributed by atoms with E-state index in [0.717, 1.165) is 22.4 Å². The molecule has 27 heavy (non-hydrogen) atoms. The number of hydrogen-bond donors (Lipinski definition) is 1. The summed E-state index contributed by atoms with van der Waals surface area (Å²) in [5.74, 6) is -1.47. The molecule has 0 aliphatic carbocycles. The summed E-state index contributed by atoms with van der Waals surface area (Å²) in [6.07, 6.45) is 4.74. The third kappa shape index (κ3) is 5.74. The third-order valence-electron chi connectivity index (χ3n) is 3.71. The molecule has 0 bridgehead atoms. The van der Waals surface area contributed by atoms with Crippen LogP contribution in [-0.2, 0) is 30.3 Å². The highest BCUT2D eigenvalue weighted by Gasteiger charge is 2.09. The Hall–Kier alpha value is -3.54. The van der Waals surface area contributed by atoms with Crippen LogP contribution in [0.5, 0.6) is 0 Å². The van der Waals surface area contributed by atoms with Gasteiger partial charge in [0.1, 0.15) is 0 Å². The van der Waals surface area contributed by atoms with Crippen molar-refractivity contribution >= 4 is 39.9 Å². The van der Waals surface area contributed by atoms with Crippen LogP contribution in [-0.4, -0.2) is 30.6 Å².